The van der Waals surface area contributed by atoms with E-state index < -0.39 is 0 Å². The number of piperidine rings is 1. The number of hydrogen-bond donors (Lipinski definition) is 3. The van der Waals surface area contributed by atoms with E-state index in [1.165, 1.54) is 0 Å². The van der Waals surface area contributed by atoms with Crippen LogP contribution in [0.1, 0.15) is 39.3 Å². The molecule has 0 bridgehead atoms. The Bertz CT molecular complexity index is 468. The van der Waals surface area contributed by atoms with Gasteiger partial charge >= 0.3 is 0 Å². The molecule has 2 rings (SSSR count). The van der Waals surface area contributed by atoms with Gasteiger partial charge in [-0.15, -0.1) is 0 Å². The van der Waals surface area contributed by atoms with E-state index in [1.54, 1.807) is 6.07 Å². The summed E-state index contributed by atoms with van der Waals surface area (Å²) in [5.74, 6) is 0.916. The lowest BCUT2D eigenvalue weighted by molar-refractivity contribution is -0.138. The van der Waals surface area contributed by atoms with Crippen molar-refractivity contribution in [2.75, 3.05) is 18.8 Å². The average molecular weight is 323 g/mol. The van der Waals surface area contributed by atoms with Gasteiger partial charge in [0.05, 0.1) is 6.10 Å². The van der Waals surface area contributed by atoms with Crippen LogP contribution in [-0.4, -0.2) is 41.4 Å². The SMILES string of the molecule is CC(C)(C)OC=O.Nc1cccc(CC(O)C2CCNCC2)n1. The third kappa shape index (κ3) is 8.52. The van der Waals surface area contributed by atoms with E-state index >= 15 is 0 Å². The van der Waals surface area contributed by atoms with Crippen molar-refractivity contribution in [1.29, 1.82) is 0 Å². The largest absolute Gasteiger partial charge is 0.462 e. The maximum absolute atomic E-state index is 10.1. The zero-order valence-electron chi connectivity index (χ0n) is 14.3. The van der Waals surface area contributed by atoms with Crippen molar-refractivity contribution in [3.8, 4) is 0 Å². The maximum Gasteiger partial charge on any atom is 0.293 e. The number of nitrogen functional groups attached to an aromatic ring is 1. The molecule has 0 spiro atoms. The zero-order valence-corrected chi connectivity index (χ0v) is 14.3. The fourth-order valence-corrected chi connectivity index (χ4v) is 2.37. The molecule has 23 heavy (non-hydrogen) atoms. The molecule has 0 aromatic carbocycles. The fourth-order valence-electron chi connectivity index (χ4n) is 2.37. The Morgan fingerprint density at radius 3 is 2.57 bits per heavy atom. The van der Waals surface area contributed by atoms with E-state index in [-0.39, 0.29) is 11.7 Å². The lowest BCUT2D eigenvalue weighted by atomic mass is 9.90. The molecule has 6 nitrogen and oxygen atoms in total. The van der Waals surface area contributed by atoms with Crippen LogP contribution in [0.5, 0.6) is 0 Å². The standard InChI is InChI=1S/C12H19N3O.C5H10O2/c13-12-3-1-2-10(15-12)8-11(16)9-4-6-14-7-5-9;1-5(2,3)7-4-6/h1-3,9,11,14,16H,4-8H2,(H2,13,15);4H,1-3H3. The second-order valence-corrected chi connectivity index (χ2v) is 6.74. The molecule has 0 aliphatic carbocycles. The molecular weight excluding hydrogens is 294 g/mol. The number of nitrogens with one attached hydrogen (secondary N) is 1. The molecule has 6 heteroatoms. The van der Waals surface area contributed by atoms with Gasteiger partial charge in [0.2, 0.25) is 0 Å². The number of nitrogens with zero attached hydrogens (tertiary/aromatic N) is 1. The molecule has 1 aliphatic heterocycles. The molecule has 2 heterocycles. The van der Waals surface area contributed by atoms with Crippen LogP contribution in [0.3, 0.4) is 0 Å². The predicted molar refractivity (Wildman–Crippen MR) is 90.9 cm³/mol. The highest BCUT2D eigenvalue weighted by molar-refractivity contribution is 5.37. The Labute approximate surface area is 138 Å². The van der Waals surface area contributed by atoms with Crippen molar-refractivity contribution in [1.82, 2.24) is 10.3 Å². The highest BCUT2D eigenvalue weighted by atomic mass is 16.5. The van der Waals surface area contributed by atoms with Gasteiger partial charge in [-0.1, -0.05) is 6.07 Å². The van der Waals surface area contributed by atoms with Crippen LogP contribution in [0.25, 0.3) is 0 Å². The van der Waals surface area contributed by atoms with Gasteiger partial charge in [0.1, 0.15) is 11.4 Å². The normalized spacial score (nSPS) is 16.9. The van der Waals surface area contributed by atoms with Crippen LogP contribution in [0.2, 0.25) is 0 Å². The smallest absolute Gasteiger partial charge is 0.293 e. The second kappa shape index (κ2) is 9.47. The van der Waals surface area contributed by atoms with Crippen LogP contribution >= 0.6 is 0 Å². The second-order valence-electron chi connectivity index (χ2n) is 6.74. The van der Waals surface area contributed by atoms with Crippen molar-refractivity contribution >= 4 is 12.3 Å². The first-order valence-electron chi connectivity index (χ1n) is 8.03. The highest BCUT2D eigenvalue weighted by Crippen LogP contribution is 2.19. The van der Waals surface area contributed by atoms with Crippen molar-refractivity contribution in [3.63, 3.8) is 0 Å². The summed E-state index contributed by atoms with van der Waals surface area (Å²) in [6.07, 6.45) is 2.40. The van der Waals surface area contributed by atoms with Crippen molar-refractivity contribution < 1.29 is 14.6 Å². The van der Waals surface area contributed by atoms with E-state index in [9.17, 15) is 9.90 Å². The zero-order chi connectivity index (χ0) is 17.3. The minimum absolute atomic E-state index is 0.295. The molecule has 0 saturated carbocycles. The number of rotatable bonds is 4. The molecule has 1 fully saturated rings. The lowest BCUT2D eigenvalue weighted by Crippen LogP contribution is -2.35. The molecule has 1 aromatic heterocycles. The van der Waals surface area contributed by atoms with E-state index in [4.69, 9.17) is 5.73 Å². The van der Waals surface area contributed by atoms with Crippen LogP contribution < -0.4 is 11.1 Å². The van der Waals surface area contributed by atoms with Gasteiger partial charge in [-0.25, -0.2) is 4.98 Å². The summed E-state index contributed by atoms with van der Waals surface area (Å²) in [5, 5.41) is 13.4. The molecule has 1 saturated heterocycles. The number of carbonyl (C=O) groups excluding carboxylic acids is 1. The topological polar surface area (TPSA) is 97.5 Å². The number of aromatic nitrogens is 1. The highest BCUT2D eigenvalue weighted by Gasteiger charge is 2.21. The number of aliphatic hydroxyl groups excluding tert-OH is 1. The summed E-state index contributed by atoms with van der Waals surface area (Å²) in [5.41, 5.74) is 6.17. The summed E-state index contributed by atoms with van der Waals surface area (Å²) in [6.45, 7) is 7.93. The van der Waals surface area contributed by atoms with E-state index in [1.807, 2.05) is 32.9 Å². The van der Waals surface area contributed by atoms with Gasteiger partial charge in [-0.2, -0.15) is 0 Å². The van der Waals surface area contributed by atoms with E-state index in [0.717, 1.165) is 31.6 Å². The fraction of sp³-hybridized carbons (Fsp3) is 0.647. The van der Waals surface area contributed by atoms with Gasteiger partial charge in [0.25, 0.3) is 6.47 Å². The predicted octanol–water partition coefficient (Wildman–Crippen LogP) is 1.52. The monoisotopic (exact) mass is 323 g/mol. The average Bonchev–Trinajstić information content (AvgIpc) is 2.47. The molecule has 130 valence electrons. The summed E-state index contributed by atoms with van der Waals surface area (Å²) < 4.78 is 4.55. The number of aliphatic hydroxyl groups is 1. The van der Waals surface area contributed by atoms with Crippen LogP contribution in [0.4, 0.5) is 5.82 Å². The van der Waals surface area contributed by atoms with Crippen LogP contribution in [0, 0.1) is 5.92 Å². The maximum atomic E-state index is 10.1. The lowest BCUT2D eigenvalue weighted by Gasteiger charge is -2.27. The summed E-state index contributed by atoms with van der Waals surface area (Å²) >= 11 is 0. The molecule has 0 amide bonds. The van der Waals surface area contributed by atoms with Crippen molar-refractivity contribution in [2.45, 2.75) is 51.7 Å². The Balaban J connectivity index is 0.000000322. The number of pyridine rings is 1. The molecule has 1 unspecified atom stereocenters. The first-order chi connectivity index (χ1) is 10.8. The quantitative estimate of drug-likeness (QED) is 0.727. The Hall–Kier alpha value is -1.66. The molecule has 1 atom stereocenters. The molecular formula is C17H29N3O3. The van der Waals surface area contributed by atoms with Crippen molar-refractivity contribution in [3.05, 3.63) is 23.9 Å². The summed E-state index contributed by atoms with van der Waals surface area (Å²) in [4.78, 5) is 13.8. The molecule has 4 N–H and O–H groups in total. The van der Waals surface area contributed by atoms with E-state index in [2.05, 4.69) is 15.0 Å². The van der Waals surface area contributed by atoms with Crippen LogP contribution in [-0.2, 0) is 16.0 Å². The first-order valence-corrected chi connectivity index (χ1v) is 8.03. The number of anilines is 1. The van der Waals surface area contributed by atoms with Gasteiger partial charge in [0.15, 0.2) is 0 Å². The third-order valence-corrected chi connectivity index (χ3v) is 3.58. The van der Waals surface area contributed by atoms with Gasteiger partial charge in [-0.05, 0) is 64.8 Å². The number of ether oxygens (including phenoxy) is 1. The third-order valence-electron chi connectivity index (χ3n) is 3.58. The van der Waals surface area contributed by atoms with Gasteiger partial charge < -0.3 is 20.9 Å². The van der Waals surface area contributed by atoms with E-state index in [0.29, 0.717) is 24.6 Å². The number of nitrogens with two attached hydrogens (primary N) is 1. The van der Waals surface area contributed by atoms with Crippen molar-refractivity contribution in [2.24, 2.45) is 5.92 Å². The summed E-state index contributed by atoms with van der Waals surface area (Å²) in [6, 6.07) is 5.56. The summed E-state index contributed by atoms with van der Waals surface area (Å²) in [7, 11) is 0. The molecule has 0 radical (unpaired) electrons. The van der Waals surface area contributed by atoms with Gasteiger partial charge in [-0.3, -0.25) is 4.79 Å². The molecule has 1 aliphatic rings. The van der Waals surface area contributed by atoms with Gasteiger partial charge in [0, 0.05) is 12.1 Å². The Morgan fingerprint density at radius 2 is 2.09 bits per heavy atom. The van der Waals surface area contributed by atoms with Crippen LogP contribution in [0.15, 0.2) is 18.2 Å². The number of hydrogen-bond acceptors (Lipinski definition) is 6. The minimum Gasteiger partial charge on any atom is -0.462 e. The Kier molecular flexibility index (Phi) is 7.98. The number of carbonyl (C=O) groups is 1. The Morgan fingerprint density at radius 1 is 1.43 bits per heavy atom. The minimum atomic E-state index is -0.318. The molecule has 1 aromatic rings. The first kappa shape index (κ1) is 19.4.